The van der Waals surface area contributed by atoms with E-state index >= 15 is 0 Å². The van der Waals surface area contributed by atoms with Crippen molar-refractivity contribution in [3.63, 3.8) is 0 Å². The van der Waals surface area contributed by atoms with Crippen LogP contribution in [0.4, 0.5) is 14.6 Å². The molecule has 1 aliphatic rings. The minimum Gasteiger partial charge on any atom is -0.375 e. The zero-order valence-electron chi connectivity index (χ0n) is 28.8. The van der Waals surface area contributed by atoms with E-state index in [1.807, 2.05) is 30.3 Å². The molecular weight excluding hydrogens is 616 g/mol. The van der Waals surface area contributed by atoms with Crippen LogP contribution in [0.2, 0.25) is 0 Å². The molecule has 4 rings (SSSR count). The van der Waals surface area contributed by atoms with Gasteiger partial charge in [0.15, 0.2) is 11.6 Å². The second-order valence-corrected chi connectivity index (χ2v) is 13.6. The number of ketones is 1. The number of nitrogens with zero attached hydrogens (tertiary/aromatic N) is 2. The number of nitrogens with two attached hydrogens (primary N) is 1. The number of carbonyl (C=O) groups is 3. The Hall–Kier alpha value is -3.96. The molecule has 48 heavy (non-hydrogen) atoms. The highest BCUT2D eigenvalue weighted by Gasteiger charge is 2.26. The summed E-state index contributed by atoms with van der Waals surface area (Å²) in [6, 6.07) is 11.2. The Kier molecular flexibility index (Phi) is 14.9. The normalized spacial score (nSPS) is 17.7. The predicted octanol–water partition coefficient (Wildman–Crippen LogP) is 6.52. The number of ether oxygens (including phenoxy) is 1. The second kappa shape index (κ2) is 18.5. The topological polar surface area (TPSA) is 128 Å². The van der Waals surface area contributed by atoms with Gasteiger partial charge in [-0.15, -0.1) is 0 Å². The van der Waals surface area contributed by atoms with Crippen LogP contribution in [0.3, 0.4) is 0 Å². The van der Waals surface area contributed by atoms with Crippen LogP contribution in [0, 0.1) is 23.5 Å². The van der Waals surface area contributed by atoms with Crippen molar-refractivity contribution in [3.8, 4) is 0 Å². The van der Waals surface area contributed by atoms with Gasteiger partial charge in [-0.05, 0) is 49.8 Å². The number of aromatic nitrogens is 2. The van der Waals surface area contributed by atoms with Gasteiger partial charge in [0.2, 0.25) is 11.8 Å². The number of carbonyl (C=O) groups excluding carboxylic acids is 3. The maximum Gasteiger partial charge on any atom is 0.239 e. The lowest BCUT2D eigenvalue weighted by molar-refractivity contribution is -0.127. The van der Waals surface area contributed by atoms with Crippen LogP contribution in [0.5, 0.6) is 0 Å². The van der Waals surface area contributed by atoms with Gasteiger partial charge in [0.05, 0.1) is 37.2 Å². The molecule has 1 aromatic heterocycles. The van der Waals surface area contributed by atoms with Crippen LogP contribution in [-0.4, -0.2) is 45.3 Å². The molecule has 0 spiro atoms. The van der Waals surface area contributed by atoms with Gasteiger partial charge in [-0.3, -0.25) is 14.4 Å². The molecule has 4 atom stereocenters. The lowest BCUT2D eigenvalue weighted by atomic mass is 10.0. The minimum atomic E-state index is -1.15. The van der Waals surface area contributed by atoms with E-state index < -0.39 is 41.1 Å². The fraction of sp³-hybridized carbons (Fsp3) is 0.514. The molecule has 2 aromatic carbocycles. The number of nitrogens with one attached hydrogen (secondary N) is 2. The fourth-order valence-electron chi connectivity index (χ4n) is 5.43. The maximum absolute atomic E-state index is 14.2. The molecule has 0 bridgehead atoms. The largest absolute Gasteiger partial charge is 0.375 e. The van der Waals surface area contributed by atoms with Gasteiger partial charge in [-0.25, -0.2) is 13.8 Å². The summed E-state index contributed by atoms with van der Waals surface area (Å²) < 4.78 is 34.6. The fourth-order valence-corrected chi connectivity index (χ4v) is 5.43. The average Bonchev–Trinajstić information content (AvgIpc) is 3.38. The minimum absolute atomic E-state index is 0.0209. The zero-order chi connectivity index (χ0) is 35.3. The Balaban J connectivity index is 0.000000598. The summed E-state index contributed by atoms with van der Waals surface area (Å²) in [6.07, 6.45) is 10.0. The number of benzene rings is 2. The summed E-state index contributed by atoms with van der Waals surface area (Å²) in [7, 11) is 0. The van der Waals surface area contributed by atoms with Crippen molar-refractivity contribution in [2.24, 2.45) is 17.6 Å². The summed E-state index contributed by atoms with van der Waals surface area (Å²) >= 11 is 0. The lowest BCUT2D eigenvalue weighted by Gasteiger charge is -2.24. The van der Waals surface area contributed by atoms with E-state index in [4.69, 9.17) is 10.5 Å². The number of amides is 2. The first kappa shape index (κ1) is 38.5. The van der Waals surface area contributed by atoms with E-state index in [2.05, 4.69) is 29.5 Å². The van der Waals surface area contributed by atoms with Crippen LogP contribution in [0.1, 0.15) is 90.3 Å². The third-order valence-corrected chi connectivity index (χ3v) is 8.46. The van der Waals surface area contributed by atoms with Crippen LogP contribution in [0.15, 0.2) is 61.1 Å². The van der Waals surface area contributed by atoms with Gasteiger partial charge in [0.25, 0.3) is 0 Å². The Morgan fingerprint density at radius 3 is 2.31 bits per heavy atom. The quantitative estimate of drug-likeness (QED) is 0.178. The van der Waals surface area contributed by atoms with E-state index in [-0.39, 0.29) is 36.6 Å². The van der Waals surface area contributed by atoms with Crippen molar-refractivity contribution in [1.82, 2.24) is 14.9 Å². The molecule has 1 saturated carbocycles. The SMILES string of the molecule is CC(=O)C(Cc1ccc(F)cc1F)n1cnc(NC(=O)C[C@@H](COCc2ccccc2)NC(=O)C(C)(C)N)c1.CC1CCCC(C)CC1. The predicted molar refractivity (Wildman–Crippen MR) is 183 cm³/mol. The molecule has 4 N–H and O–H groups in total. The molecule has 1 aliphatic carbocycles. The van der Waals surface area contributed by atoms with Gasteiger partial charge in [0, 0.05) is 25.1 Å². The lowest BCUT2D eigenvalue weighted by Crippen LogP contribution is -2.53. The third-order valence-electron chi connectivity index (χ3n) is 8.46. The molecule has 2 amide bonds. The van der Waals surface area contributed by atoms with Crippen LogP contribution in [-0.2, 0) is 32.1 Å². The van der Waals surface area contributed by atoms with Crippen molar-refractivity contribution in [1.29, 1.82) is 0 Å². The number of hydrogen-bond acceptors (Lipinski definition) is 6. The van der Waals surface area contributed by atoms with E-state index in [9.17, 15) is 23.2 Å². The zero-order valence-corrected chi connectivity index (χ0v) is 28.8. The van der Waals surface area contributed by atoms with Crippen molar-refractivity contribution in [2.75, 3.05) is 11.9 Å². The first-order valence-corrected chi connectivity index (χ1v) is 16.7. The Labute approximate surface area is 283 Å². The van der Waals surface area contributed by atoms with Crippen LogP contribution < -0.4 is 16.4 Å². The first-order chi connectivity index (χ1) is 22.7. The number of anilines is 1. The van der Waals surface area contributed by atoms with Crippen molar-refractivity contribution >= 4 is 23.4 Å². The number of hydrogen-bond donors (Lipinski definition) is 3. The number of halogens is 2. The highest BCUT2D eigenvalue weighted by molar-refractivity contribution is 5.91. The van der Waals surface area contributed by atoms with E-state index in [1.54, 1.807) is 13.8 Å². The smallest absolute Gasteiger partial charge is 0.239 e. The highest BCUT2D eigenvalue weighted by atomic mass is 19.1. The van der Waals surface area contributed by atoms with E-state index in [0.717, 1.165) is 29.5 Å². The Bertz CT molecular complexity index is 1460. The maximum atomic E-state index is 14.2. The molecule has 1 heterocycles. The second-order valence-electron chi connectivity index (χ2n) is 13.6. The Morgan fingerprint density at radius 2 is 1.71 bits per heavy atom. The standard InChI is InChI=1S/C28H33F2N5O4.C9H18/c1-18(36)24(11-20-9-10-21(29)12-23(20)30)35-14-25(32-17-35)34-26(37)13-22(33-27(38)28(2,3)31)16-39-15-19-7-5-4-6-8-19;1-8-4-3-5-9(2)7-6-8/h4-10,12,14,17,22,24H,11,13,15-16,31H2,1-3H3,(H,33,38)(H,34,37);8-9H,3-7H2,1-2H3/t22-,24?;/m0./s1. The number of imidazole rings is 1. The Morgan fingerprint density at radius 1 is 1.04 bits per heavy atom. The monoisotopic (exact) mass is 667 g/mol. The van der Waals surface area contributed by atoms with E-state index in [0.29, 0.717) is 6.61 Å². The molecule has 0 radical (unpaired) electrons. The van der Waals surface area contributed by atoms with Gasteiger partial charge >= 0.3 is 0 Å². The summed E-state index contributed by atoms with van der Waals surface area (Å²) in [5.74, 6) is -0.434. The van der Waals surface area contributed by atoms with Gasteiger partial charge in [0.1, 0.15) is 11.6 Å². The molecule has 3 aromatic rings. The molecule has 1 fully saturated rings. The highest BCUT2D eigenvalue weighted by Crippen LogP contribution is 2.26. The molecular formula is C37H51F2N5O4. The van der Waals surface area contributed by atoms with Crippen molar-refractivity contribution in [3.05, 3.63) is 83.8 Å². The van der Waals surface area contributed by atoms with Crippen LogP contribution in [0.25, 0.3) is 0 Å². The average molecular weight is 668 g/mol. The van der Waals surface area contributed by atoms with Gasteiger partial charge in [-0.2, -0.15) is 0 Å². The number of Topliss-reactive ketones (excluding diaryl/α,β-unsaturated/α-hetero) is 1. The molecule has 0 aliphatic heterocycles. The summed E-state index contributed by atoms with van der Waals surface area (Å²) in [5, 5.41) is 5.40. The summed E-state index contributed by atoms with van der Waals surface area (Å²) in [5.41, 5.74) is 5.85. The van der Waals surface area contributed by atoms with Crippen LogP contribution >= 0.6 is 0 Å². The van der Waals surface area contributed by atoms with Gasteiger partial charge in [-0.1, -0.05) is 82.3 Å². The third kappa shape index (κ3) is 13.3. The molecule has 3 unspecified atom stereocenters. The summed E-state index contributed by atoms with van der Waals surface area (Å²) in [4.78, 5) is 41.7. The molecule has 262 valence electrons. The van der Waals surface area contributed by atoms with Crippen molar-refractivity contribution in [2.45, 2.75) is 104 Å². The number of rotatable bonds is 13. The summed E-state index contributed by atoms with van der Waals surface area (Å²) in [6.45, 7) is 9.60. The molecule has 11 heteroatoms. The van der Waals surface area contributed by atoms with Crippen molar-refractivity contribution < 1.29 is 27.9 Å². The van der Waals surface area contributed by atoms with Gasteiger partial charge < -0.3 is 25.7 Å². The van der Waals surface area contributed by atoms with E-state index in [1.165, 1.54) is 62.2 Å². The first-order valence-electron chi connectivity index (χ1n) is 16.7. The molecule has 0 saturated heterocycles. The molecule has 9 nitrogen and oxygen atoms in total.